The van der Waals surface area contributed by atoms with Crippen LogP contribution < -0.4 is 0 Å². The summed E-state index contributed by atoms with van der Waals surface area (Å²) >= 11 is 0. The van der Waals surface area contributed by atoms with E-state index >= 15 is 0 Å². The average Bonchev–Trinajstić information content (AvgIpc) is 2.56. The number of unbranched alkanes of at least 4 members (excludes halogenated alkanes) is 11. The van der Waals surface area contributed by atoms with Crippen LogP contribution in [0.2, 0.25) is 0 Å². The van der Waals surface area contributed by atoms with Gasteiger partial charge in [0.05, 0.1) is 6.61 Å². The second-order valence-corrected chi connectivity index (χ2v) is 6.28. The summed E-state index contributed by atoms with van der Waals surface area (Å²) in [5.74, 6) is -0.184. The van der Waals surface area contributed by atoms with Gasteiger partial charge >= 0.3 is 32.5 Å². The van der Waals surface area contributed by atoms with Crippen molar-refractivity contribution in [3.05, 3.63) is 12.2 Å². The Kier molecular flexibility index (Phi) is 25.3. The first-order valence-electron chi connectivity index (χ1n) is 9.72. The number of hydrogen-bond acceptors (Lipinski definition) is 3. The molecule has 0 atom stereocenters. The minimum atomic E-state index is -0.184. The molecule has 24 heavy (non-hydrogen) atoms. The van der Waals surface area contributed by atoms with Gasteiger partial charge in [-0.3, -0.25) is 4.79 Å². The summed E-state index contributed by atoms with van der Waals surface area (Å²) in [5.41, 5.74) is 0. The fourth-order valence-electron chi connectivity index (χ4n) is 2.57. The van der Waals surface area contributed by atoms with Crippen LogP contribution in [-0.4, -0.2) is 50.9 Å². The van der Waals surface area contributed by atoms with Crippen molar-refractivity contribution >= 4 is 32.5 Å². The molecule has 0 rings (SSSR count). The van der Waals surface area contributed by atoms with Crippen LogP contribution >= 0.6 is 0 Å². The Bertz CT molecular complexity index is 280. The molecular weight excluding hydrogens is 497 g/mol. The van der Waals surface area contributed by atoms with Gasteiger partial charge in [0.2, 0.25) is 0 Å². The quantitative estimate of drug-likeness (QED) is 0.167. The molecule has 0 aliphatic heterocycles. The normalized spacial score (nSPS) is 10.8. The van der Waals surface area contributed by atoms with E-state index < -0.39 is 0 Å². The molecule has 0 aromatic rings. The van der Waals surface area contributed by atoms with Gasteiger partial charge in [0.25, 0.3) is 0 Å². The van der Waals surface area contributed by atoms with Gasteiger partial charge in [0.15, 0.2) is 0 Å². The van der Waals surface area contributed by atoms with Crippen molar-refractivity contribution in [2.24, 2.45) is 0 Å². The molecule has 4 heteroatoms. The van der Waals surface area contributed by atoms with E-state index in [-0.39, 0.29) is 45.7 Å². The molecule has 0 bridgehead atoms. The van der Waals surface area contributed by atoms with Gasteiger partial charge in [0, 0.05) is 6.42 Å². The molecule has 0 saturated carbocycles. The topological polar surface area (TPSA) is 46.5 Å². The van der Waals surface area contributed by atoms with Crippen molar-refractivity contribution in [1.29, 1.82) is 0 Å². The van der Waals surface area contributed by atoms with E-state index in [9.17, 15) is 4.79 Å². The molecule has 0 aromatic carbocycles. The number of aliphatic hydroxyl groups excluding tert-OH is 1. The number of hydrogen-bond donors (Lipinski definition) is 1. The number of ether oxygens (including phenoxy) is 1. The van der Waals surface area contributed by atoms with Gasteiger partial charge in [-0.2, -0.15) is 0 Å². The van der Waals surface area contributed by atoms with Gasteiger partial charge in [0.1, 0.15) is 6.61 Å². The number of allylic oxidation sites excluding steroid dienone is 2. The van der Waals surface area contributed by atoms with Gasteiger partial charge in [-0.05, 0) is 32.1 Å². The van der Waals surface area contributed by atoms with E-state index in [2.05, 4.69) is 19.1 Å². The second kappa shape index (κ2) is 23.1. The predicted octanol–water partition coefficient (Wildman–Crippen LogP) is 4.64. The zero-order chi connectivity index (χ0) is 17.0. The molecule has 0 heterocycles. The number of carbonyl (C=O) groups is 1. The van der Waals surface area contributed by atoms with E-state index in [1.165, 1.54) is 70.6 Å². The summed E-state index contributed by atoms with van der Waals surface area (Å²) in [5, 5.41) is 8.54. The maximum absolute atomic E-state index is 11.2. The Labute approximate surface area is 169 Å². The Morgan fingerprint density at radius 1 is 0.833 bits per heavy atom. The van der Waals surface area contributed by atoms with Crippen LogP contribution in [0.3, 0.4) is 0 Å². The first-order valence-corrected chi connectivity index (χ1v) is 9.72. The van der Waals surface area contributed by atoms with Gasteiger partial charge in [-0.15, -0.1) is 0 Å². The first kappa shape index (κ1) is 26.3. The van der Waals surface area contributed by atoms with Gasteiger partial charge in [-0.25, -0.2) is 0 Å². The summed E-state index contributed by atoms with van der Waals surface area (Å²) in [6.45, 7) is 2.30. The van der Waals surface area contributed by atoms with Crippen LogP contribution in [0.4, 0.5) is 0 Å². The van der Waals surface area contributed by atoms with Crippen LogP contribution in [0.5, 0.6) is 0 Å². The molecule has 0 unspecified atom stereocenters. The second-order valence-electron chi connectivity index (χ2n) is 6.28. The Hall–Kier alpha value is 0.0661. The van der Waals surface area contributed by atoms with Crippen LogP contribution in [0.25, 0.3) is 0 Å². The number of esters is 1. The molecule has 0 amide bonds. The summed E-state index contributed by atoms with van der Waals surface area (Å²) in [6.07, 6.45) is 21.5. The maximum atomic E-state index is 11.2. The standard InChI is InChI=1S/C20H38O3.Po.2H/c1-2-3-4-5-6-7-8-9-10-11-12-13-14-15-16-17-20(22)23-19-18-21;;;/h9-10,21H,2-8,11-19H2,1H3;;;/b10-9-;;;. The van der Waals surface area contributed by atoms with Crippen molar-refractivity contribution in [1.82, 2.24) is 0 Å². The summed E-state index contributed by atoms with van der Waals surface area (Å²) < 4.78 is 4.81. The number of rotatable bonds is 17. The van der Waals surface area contributed by atoms with Crippen LogP contribution in [0, 0.1) is 0 Å². The summed E-state index contributed by atoms with van der Waals surface area (Å²) in [6, 6.07) is 0. The Morgan fingerprint density at radius 3 is 1.88 bits per heavy atom. The molecule has 0 aliphatic rings. The molecule has 0 spiro atoms. The summed E-state index contributed by atoms with van der Waals surface area (Å²) in [4.78, 5) is 11.2. The first-order chi connectivity index (χ1) is 11.3. The third-order valence-electron chi connectivity index (χ3n) is 4.00. The molecule has 0 fully saturated rings. The fourth-order valence-corrected chi connectivity index (χ4v) is 2.57. The third-order valence-corrected chi connectivity index (χ3v) is 4.00. The number of carbonyl (C=O) groups excluding carboxylic acids is 1. The fraction of sp³-hybridized carbons (Fsp3) is 0.850. The van der Waals surface area contributed by atoms with Gasteiger partial charge in [-0.1, -0.05) is 70.4 Å². The third kappa shape index (κ3) is 22.1. The monoisotopic (exact) mass is 537 g/mol. The predicted molar refractivity (Wildman–Crippen MR) is 106 cm³/mol. The summed E-state index contributed by atoms with van der Waals surface area (Å²) in [7, 11) is 0. The molecular formula is C20H40O3Po. The zero-order valence-corrected chi connectivity index (χ0v) is 19.6. The molecule has 0 aliphatic carbocycles. The molecule has 0 radical (unpaired) electrons. The Morgan fingerprint density at radius 2 is 1.33 bits per heavy atom. The zero-order valence-electron chi connectivity index (χ0n) is 15.7. The van der Waals surface area contributed by atoms with E-state index in [1.54, 1.807) is 0 Å². The molecule has 3 nitrogen and oxygen atoms in total. The van der Waals surface area contributed by atoms with Crippen molar-refractivity contribution in [2.45, 2.75) is 96.8 Å². The van der Waals surface area contributed by atoms with Crippen LogP contribution in [0.15, 0.2) is 12.2 Å². The SMILES string of the molecule is CCCCCCCC/C=C\CCCCCCCC(=O)OCCO.[PoH2]. The van der Waals surface area contributed by atoms with Crippen LogP contribution in [-0.2, 0) is 9.53 Å². The molecule has 144 valence electrons. The molecule has 1 N–H and O–H groups in total. The van der Waals surface area contributed by atoms with E-state index in [1.807, 2.05) is 0 Å². The average molecular weight is 538 g/mol. The minimum absolute atomic E-state index is 0. The van der Waals surface area contributed by atoms with Crippen molar-refractivity contribution in [3.8, 4) is 0 Å². The Balaban J connectivity index is 0. The van der Waals surface area contributed by atoms with Gasteiger partial charge < -0.3 is 9.84 Å². The van der Waals surface area contributed by atoms with Crippen molar-refractivity contribution in [3.63, 3.8) is 0 Å². The van der Waals surface area contributed by atoms with Crippen molar-refractivity contribution < 1.29 is 14.6 Å². The van der Waals surface area contributed by atoms with E-state index in [0.717, 1.165) is 12.8 Å². The van der Waals surface area contributed by atoms with E-state index in [4.69, 9.17) is 9.84 Å². The molecule has 0 aromatic heterocycles. The van der Waals surface area contributed by atoms with E-state index in [0.29, 0.717) is 6.42 Å². The number of aliphatic hydroxyl groups is 1. The van der Waals surface area contributed by atoms with Crippen molar-refractivity contribution in [2.75, 3.05) is 13.2 Å². The van der Waals surface area contributed by atoms with Crippen LogP contribution in [0.1, 0.15) is 96.8 Å². The molecule has 0 saturated heterocycles.